The van der Waals surface area contributed by atoms with Crippen LogP contribution in [0.15, 0.2) is 27.4 Å². The molecule has 1 aromatic heterocycles. The summed E-state index contributed by atoms with van der Waals surface area (Å²) in [6.45, 7) is 4.33. The van der Waals surface area contributed by atoms with Gasteiger partial charge in [-0.15, -0.1) is 0 Å². The summed E-state index contributed by atoms with van der Waals surface area (Å²) >= 11 is 0. The molecule has 1 unspecified atom stereocenters. The molecule has 21 heavy (non-hydrogen) atoms. The number of hydrogen-bond donors (Lipinski definition) is 1. The highest BCUT2D eigenvalue weighted by Crippen LogP contribution is 2.28. The second kappa shape index (κ2) is 5.87. The summed E-state index contributed by atoms with van der Waals surface area (Å²) in [5.41, 5.74) is 2.06. The van der Waals surface area contributed by atoms with Gasteiger partial charge in [-0.05, 0) is 18.1 Å². The number of hydrogen-bond acceptors (Lipinski definition) is 5. The summed E-state index contributed by atoms with van der Waals surface area (Å²) in [5.74, 6) is 0.299. The van der Waals surface area contributed by atoms with Gasteiger partial charge in [0.2, 0.25) is 5.75 Å². The van der Waals surface area contributed by atoms with Gasteiger partial charge in [0.1, 0.15) is 5.58 Å². The average molecular weight is 289 g/mol. The van der Waals surface area contributed by atoms with Crippen LogP contribution in [-0.2, 0) is 11.2 Å². The number of nitrogens with one attached hydrogen (secondary N) is 1. The fourth-order valence-corrected chi connectivity index (χ4v) is 2.80. The van der Waals surface area contributed by atoms with Gasteiger partial charge in [-0.3, -0.25) is 0 Å². The van der Waals surface area contributed by atoms with E-state index in [4.69, 9.17) is 13.9 Å². The number of methoxy groups -OCH3 is 1. The molecule has 0 amide bonds. The Morgan fingerprint density at radius 2 is 2.29 bits per heavy atom. The molecule has 0 spiro atoms. The molecule has 1 atom stereocenters. The van der Waals surface area contributed by atoms with E-state index in [0.29, 0.717) is 24.4 Å². The molecule has 1 fully saturated rings. The van der Waals surface area contributed by atoms with Gasteiger partial charge in [0.05, 0.1) is 19.8 Å². The Balaban J connectivity index is 2.11. The molecule has 0 bridgehead atoms. The van der Waals surface area contributed by atoms with Crippen LogP contribution in [0.4, 0.5) is 0 Å². The average Bonchev–Trinajstić information content (AvgIpc) is 2.53. The molecule has 112 valence electrons. The third-order valence-corrected chi connectivity index (χ3v) is 3.85. The summed E-state index contributed by atoms with van der Waals surface area (Å²) in [6.07, 6.45) is 0.715. The molecule has 1 saturated heterocycles. The van der Waals surface area contributed by atoms with Gasteiger partial charge in [-0.1, -0.05) is 19.1 Å². The largest absolute Gasteiger partial charge is 0.490 e. The maximum Gasteiger partial charge on any atom is 0.379 e. The molecule has 1 aliphatic heterocycles. The van der Waals surface area contributed by atoms with E-state index in [0.717, 1.165) is 29.6 Å². The Morgan fingerprint density at radius 1 is 1.43 bits per heavy atom. The van der Waals surface area contributed by atoms with Gasteiger partial charge < -0.3 is 19.2 Å². The highest BCUT2D eigenvalue weighted by molar-refractivity contribution is 5.83. The van der Waals surface area contributed by atoms with E-state index in [1.54, 1.807) is 0 Å². The standard InChI is InChI=1S/C16H19NO4/c1-3-11-12-5-4-10(14-9-17-6-7-20-14)8-13(12)21-16(18)15(11)19-2/h4-5,8,14,17H,3,6-7,9H2,1-2H3. The highest BCUT2D eigenvalue weighted by Gasteiger charge is 2.19. The van der Waals surface area contributed by atoms with Crippen LogP contribution in [0, 0.1) is 0 Å². The molecule has 0 radical (unpaired) electrons. The van der Waals surface area contributed by atoms with Gasteiger partial charge in [0.15, 0.2) is 0 Å². The fraction of sp³-hybridized carbons (Fsp3) is 0.438. The van der Waals surface area contributed by atoms with Crippen molar-refractivity contribution in [3.63, 3.8) is 0 Å². The Labute approximate surface area is 122 Å². The molecular formula is C16H19NO4. The predicted molar refractivity (Wildman–Crippen MR) is 80.0 cm³/mol. The van der Waals surface area contributed by atoms with Crippen molar-refractivity contribution in [3.05, 3.63) is 39.7 Å². The van der Waals surface area contributed by atoms with E-state index in [9.17, 15) is 4.79 Å². The van der Waals surface area contributed by atoms with Crippen LogP contribution in [0.3, 0.4) is 0 Å². The normalized spacial score (nSPS) is 18.9. The fourth-order valence-electron chi connectivity index (χ4n) is 2.80. The molecule has 1 aliphatic rings. The maximum atomic E-state index is 12.0. The first-order chi connectivity index (χ1) is 10.2. The van der Waals surface area contributed by atoms with Gasteiger partial charge in [0.25, 0.3) is 0 Å². The number of ether oxygens (including phenoxy) is 2. The lowest BCUT2D eigenvalue weighted by Gasteiger charge is -2.24. The highest BCUT2D eigenvalue weighted by atomic mass is 16.5. The minimum absolute atomic E-state index is 0.000584. The molecule has 1 N–H and O–H groups in total. The second-order valence-electron chi connectivity index (χ2n) is 5.07. The summed E-state index contributed by atoms with van der Waals surface area (Å²) in [7, 11) is 1.49. The Kier molecular flexibility index (Phi) is 3.94. The first kappa shape index (κ1) is 14.1. The Hall–Kier alpha value is -1.85. The van der Waals surface area contributed by atoms with E-state index in [-0.39, 0.29) is 6.10 Å². The van der Waals surface area contributed by atoms with Crippen molar-refractivity contribution < 1.29 is 13.9 Å². The Bertz CT molecular complexity index is 701. The van der Waals surface area contributed by atoms with Gasteiger partial charge >= 0.3 is 5.63 Å². The van der Waals surface area contributed by atoms with Crippen molar-refractivity contribution in [3.8, 4) is 5.75 Å². The van der Waals surface area contributed by atoms with Gasteiger partial charge in [-0.2, -0.15) is 0 Å². The van der Waals surface area contributed by atoms with Crippen LogP contribution >= 0.6 is 0 Å². The summed E-state index contributed by atoms with van der Waals surface area (Å²) in [5, 5.41) is 4.21. The Morgan fingerprint density at radius 3 is 2.95 bits per heavy atom. The zero-order valence-electron chi connectivity index (χ0n) is 12.3. The number of rotatable bonds is 3. The van der Waals surface area contributed by atoms with Crippen LogP contribution in [0.25, 0.3) is 11.0 Å². The van der Waals surface area contributed by atoms with Gasteiger partial charge in [0, 0.05) is 24.0 Å². The number of fused-ring (bicyclic) bond motifs is 1. The first-order valence-electron chi connectivity index (χ1n) is 7.20. The predicted octanol–water partition coefficient (Wildman–Crippen LogP) is 2.02. The molecular weight excluding hydrogens is 270 g/mol. The van der Waals surface area contributed by atoms with Crippen LogP contribution in [0.1, 0.15) is 24.2 Å². The third-order valence-electron chi connectivity index (χ3n) is 3.85. The zero-order chi connectivity index (χ0) is 14.8. The lowest BCUT2D eigenvalue weighted by atomic mass is 10.0. The monoisotopic (exact) mass is 289 g/mol. The van der Waals surface area contributed by atoms with E-state index in [1.165, 1.54) is 7.11 Å². The van der Waals surface area contributed by atoms with Crippen LogP contribution in [0.5, 0.6) is 5.75 Å². The molecule has 1 aromatic carbocycles. The van der Waals surface area contributed by atoms with E-state index in [1.807, 2.05) is 25.1 Å². The number of aryl methyl sites for hydroxylation is 1. The van der Waals surface area contributed by atoms with Crippen LogP contribution in [0.2, 0.25) is 0 Å². The second-order valence-corrected chi connectivity index (χ2v) is 5.07. The number of morpholine rings is 1. The SMILES string of the molecule is CCc1c(OC)c(=O)oc2cc(C3CNCCO3)ccc12. The van der Waals surface area contributed by atoms with E-state index in [2.05, 4.69) is 5.32 Å². The quantitative estimate of drug-likeness (QED) is 0.876. The van der Waals surface area contributed by atoms with Crippen LogP contribution in [-0.4, -0.2) is 26.8 Å². The maximum absolute atomic E-state index is 12.0. The molecule has 2 aromatic rings. The third kappa shape index (κ3) is 2.54. The van der Waals surface area contributed by atoms with Crippen LogP contribution < -0.4 is 15.7 Å². The molecule has 5 heteroatoms. The van der Waals surface area contributed by atoms with Gasteiger partial charge in [-0.25, -0.2) is 4.79 Å². The minimum Gasteiger partial charge on any atom is -0.490 e. The minimum atomic E-state index is -0.429. The molecule has 3 rings (SSSR count). The van der Waals surface area contributed by atoms with Crippen molar-refractivity contribution in [1.82, 2.24) is 5.32 Å². The van der Waals surface area contributed by atoms with E-state index < -0.39 is 5.63 Å². The van der Waals surface area contributed by atoms with E-state index >= 15 is 0 Å². The zero-order valence-corrected chi connectivity index (χ0v) is 12.3. The number of benzene rings is 1. The molecule has 0 saturated carbocycles. The molecule has 0 aliphatic carbocycles. The topological polar surface area (TPSA) is 60.7 Å². The lowest BCUT2D eigenvalue weighted by molar-refractivity contribution is 0.0277. The first-order valence-corrected chi connectivity index (χ1v) is 7.20. The summed E-state index contributed by atoms with van der Waals surface area (Å²) < 4.78 is 16.3. The van der Waals surface area contributed by atoms with Crippen molar-refractivity contribution >= 4 is 11.0 Å². The van der Waals surface area contributed by atoms with Crippen molar-refractivity contribution in [1.29, 1.82) is 0 Å². The summed E-state index contributed by atoms with van der Waals surface area (Å²) in [6, 6.07) is 5.90. The lowest BCUT2D eigenvalue weighted by Crippen LogP contribution is -2.33. The summed E-state index contributed by atoms with van der Waals surface area (Å²) in [4.78, 5) is 12.0. The van der Waals surface area contributed by atoms with Crippen molar-refractivity contribution in [2.24, 2.45) is 0 Å². The molecule has 2 heterocycles. The molecule has 5 nitrogen and oxygen atoms in total. The smallest absolute Gasteiger partial charge is 0.379 e. The van der Waals surface area contributed by atoms with Crippen molar-refractivity contribution in [2.75, 3.05) is 26.8 Å². The van der Waals surface area contributed by atoms with Crippen molar-refractivity contribution in [2.45, 2.75) is 19.4 Å².